The van der Waals surface area contributed by atoms with E-state index in [9.17, 15) is 25.5 Å². The molecule has 1 saturated heterocycles. The van der Waals surface area contributed by atoms with Crippen LogP contribution in [-0.4, -0.2) is 41.0 Å². The lowest BCUT2D eigenvalue weighted by Gasteiger charge is -2.37. The van der Waals surface area contributed by atoms with E-state index < -0.39 is 9.85 Å². The van der Waals surface area contributed by atoms with Crippen LogP contribution in [0.3, 0.4) is 0 Å². The molecular weight excluding hydrogens is 492 g/mol. The summed E-state index contributed by atoms with van der Waals surface area (Å²) in [5.74, 6) is 0. The van der Waals surface area contributed by atoms with Crippen LogP contribution in [0.2, 0.25) is 0 Å². The number of aromatic nitrogens is 1. The van der Waals surface area contributed by atoms with Crippen molar-refractivity contribution in [2.45, 2.75) is 0 Å². The van der Waals surface area contributed by atoms with E-state index in [0.29, 0.717) is 48.0 Å². The minimum absolute atomic E-state index is 0.0286. The van der Waals surface area contributed by atoms with Crippen molar-refractivity contribution in [3.8, 4) is 6.07 Å². The summed E-state index contributed by atoms with van der Waals surface area (Å²) in [7, 11) is 0. The molecule has 0 amide bonds. The SMILES string of the molecule is N#C/C(=C\c1ccc(N2CCN(c3ccc([N+](=O)[O-])cc3)CC2)c([N+](=O)[O-])c1)c1nc2ccccc2s1. The number of hydrogen-bond acceptors (Lipinski definition) is 9. The summed E-state index contributed by atoms with van der Waals surface area (Å²) in [5.41, 5.74) is 3.10. The van der Waals surface area contributed by atoms with Gasteiger partial charge < -0.3 is 9.80 Å². The molecule has 10 nitrogen and oxygen atoms in total. The third kappa shape index (κ3) is 4.96. The number of allylic oxidation sites excluding steroid dienone is 1. The number of anilines is 2. The smallest absolute Gasteiger partial charge is 0.293 e. The Bertz CT molecular complexity index is 1530. The molecule has 5 rings (SSSR count). The molecule has 2 heterocycles. The van der Waals surface area contributed by atoms with Crippen molar-refractivity contribution >= 4 is 56.0 Å². The first-order chi connectivity index (χ1) is 17.9. The first kappa shape index (κ1) is 23.9. The van der Waals surface area contributed by atoms with E-state index in [1.165, 1.54) is 29.5 Å². The number of thiazole rings is 1. The molecule has 3 aromatic carbocycles. The van der Waals surface area contributed by atoms with Crippen molar-refractivity contribution in [1.82, 2.24) is 4.98 Å². The zero-order valence-electron chi connectivity index (χ0n) is 19.5. The number of nitriles is 1. The van der Waals surface area contributed by atoms with Crippen LogP contribution in [0.15, 0.2) is 66.7 Å². The minimum Gasteiger partial charge on any atom is -0.368 e. The number of benzene rings is 3. The molecule has 0 saturated carbocycles. The molecule has 11 heteroatoms. The maximum absolute atomic E-state index is 11.9. The van der Waals surface area contributed by atoms with Gasteiger partial charge in [-0.25, -0.2) is 4.98 Å². The van der Waals surface area contributed by atoms with Gasteiger partial charge in [-0.1, -0.05) is 18.2 Å². The Labute approximate surface area is 215 Å². The molecule has 0 atom stereocenters. The predicted molar refractivity (Wildman–Crippen MR) is 144 cm³/mol. The van der Waals surface area contributed by atoms with Crippen LogP contribution in [0.25, 0.3) is 21.9 Å². The Morgan fingerprint density at radius 2 is 1.65 bits per heavy atom. The van der Waals surface area contributed by atoms with Crippen LogP contribution >= 0.6 is 11.3 Å². The van der Waals surface area contributed by atoms with Gasteiger partial charge in [-0.05, 0) is 42.0 Å². The quantitative estimate of drug-likeness (QED) is 0.188. The van der Waals surface area contributed by atoms with Gasteiger partial charge in [-0.2, -0.15) is 5.26 Å². The molecule has 4 aromatic rings. The highest BCUT2D eigenvalue weighted by Gasteiger charge is 2.24. The summed E-state index contributed by atoms with van der Waals surface area (Å²) >= 11 is 1.40. The lowest BCUT2D eigenvalue weighted by atomic mass is 10.1. The van der Waals surface area contributed by atoms with Gasteiger partial charge in [0.2, 0.25) is 0 Å². The predicted octanol–water partition coefficient (Wildman–Crippen LogP) is 5.50. The molecule has 0 N–H and O–H groups in total. The fourth-order valence-corrected chi connectivity index (χ4v) is 5.26. The van der Waals surface area contributed by atoms with Gasteiger partial charge in [0.15, 0.2) is 0 Å². The fourth-order valence-electron chi connectivity index (χ4n) is 4.33. The van der Waals surface area contributed by atoms with Crippen molar-refractivity contribution in [2.75, 3.05) is 36.0 Å². The van der Waals surface area contributed by atoms with E-state index >= 15 is 0 Å². The normalized spacial score (nSPS) is 14.0. The average molecular weight is 513 g/mol. The Kier molecular flexibility index (Phi) is 6.49. The number of rotatable bonds is 6. The monoisotopic (exact) mass is 512 g/mol. The molecule has 0 spiro atoms. The largest absolute Gasteiger partial charge is 0.368 e. The number of fused-ring (bicyclic) bond motifs is 1. The van der Waals surface area contributed by atoms with Crippen LogP contribution in [-0.2, 0) is 0 Å². The summed E-state index contributed by atoms with van der Waals surface area (Å²) in [6.45, 7) is 2.35. The first-order valence-corrected chi connectivity index (χ1v) is 12.2. The highest BCUT2D eigenvalue weighted by Crippen LogP contribution is 2.33. The van der Waals surface area contributed by atoms with Crippen LogP contribution in [0.1, 0.15) is 10.6 Å². The molecular formula is C26H20N6O4S. The van der Waals surface area contributed by atoms with Crippen LogP contribution in [0, 0.1) is 31.6 Å². The van der Waals surface area contributed by atoms with Gasteiger partial charge in [0.25, 0.3) is 11.4 Å². The number of piperazine rings is 1. The summed E-state index contributed by atoms with van der Waals surface area (Å²) in [4.78, 5) is 30.6. The fraction of sp³-hybridized carbons (Fsp3) is 0.154. The number of nitro groups is 2. The van der Waals surface area contributed by atoms with E-state index in [0.717, 1.165) is 15.9 Å². The average Bonchev–Trinajstić information content (AvgIpc) is 3.36. The zero-order valence-corrected chi connectivity index (χ0v) is 20.3. The van der Waals surface area contributed by atoms with Gasteiger partial charge in [0, 0.05) is 50.1 Å². The van der Waals surface area contributed by atoms with Crippen molar-refractivity contribution < 1.29 is 9.85 Å². The number of hydrogen-bond donors (Lipinski definition) is 0. The molecule has 0 aliphatic carbocycles. The van der Waals surface area contributed by atoms with E-state index in [4.69, 9.17) is 0 Å². The highest BCUT2D eigenvalue weighted by atomic mass is 32.1. The van der Waals surface area contributed by atoms with Crippen LogP contribution in [0.4, 0.5) is 22.7 Å². The third-order valence-electron chi connectivity index (χ3n) is 6.20. The van der Waals surface area contributed by atoms with E-state index in [1.54, 1.807) is 30.3 Å². The topological polar surface area (TPSA) is 129 Å². The highest BCUT2D eigenvalue weighted by molar-refractivity contribution is 7.19. The van der Waals surface area contributed by atoms with Gasteiger partial charge in [0.1, 0.15) is 16.8 Å². The number of nitrogens with zero attached hydrogens (tertiary/aromatic N) is 6. The summed E-state index contributed by atoms with van der Waals surface area (Å²) in [5, 5.41) is 33.1. The minimum atomic E-state index is -0.432. The van der Waals surface area contributed by atoms with Crippen molar-refractivity contribution in [3.05, 3.63) is 97.5 Å². The van der Waals surface area contributed by atoms with E-state index in [-0.39, 0.29) is 11.4 Å². The van der Waals surface area contributed by atoms with Gasteiger partial charge in [-0.3, -0.25) is 20.2 Å². The van der Waals surface area contributed by atoms with E-state index in [1.807, 2.05) is 29.2 Å². The standard InChI is InChI=1S/C26H20N6O4S/c27-17-19(26-28-22-3-1-2-4-25(22)37-26)15-18-5-10-23(24(16-18)32(35)36)30-13-11-29(12-14-30)20-6-8-21(9-7-20)31(33)34/h1-10,15-16H,11-14H2/b19-15+. The lowest BCUT2D eigenvalue weighted by molar-refractivity contribution is -0.384. The molecule has 0 radical (unpaired) electrons. The van der Waals surface area contributed by atoms with Crippen LogP contribution in [0.5, 0.6) is 0 Å². The number of para-hydroxylation sites is 1. The Morgan fingerprint density at radius 1 is 0.946 bits per heavy atom. The second kappa shape index (κ2) is 10.0. The summed E-state index contributed by atoms with van der Waals surface area (Å²) < 4.78 is 0.966. The van der Waals surface area contributed by atoms with Crippen LogP contribution < -0.4 is 9.80 Å². The maximum atomic E-state index is 11.9. The van der Waals surface area contributed by atoms with Gasteiger partial charge >= 0.3 is 0 Å². The zero-order chi connectivity index (χ0) is 25.9. The van der Waals surface area contributed by atoms with Crippen molar-refractivity contribution in [2.24, 2.45) is 0 Å². The molecule has 1 aliphatic rings. The first-order valence-electron chi connectivity index (χ1n) is 11.4. The van der Waals surface area contributed by atoms with Crippen molar-refractivity contribution in [1.29, 1.82) is 5.26 Å². The Balaban J connectivity index is 1.36. The van der Waals surface area contributed by atoms with Gasteiger partial charge in [-0.15, -0.1) is 11.3 Å². The second-order valence-electron chi connectivity index (χ2n) is 8.41. The number of non-ortho nitro benzene ring substituents is 1. The van der Waals surface area contributed by atoms with Gasteiger partial charge in [0.05, 0.1) is 25.6 Å². The summed E-state index contributed by atoms with van der Waals surface area (Å²) in [6, 6.07) is 21.2. The molecule has 0 bridgehead atoms. The molecule has 1 aromatic heterocycles. The molecule has 37 heavy (non-hydrogen) atoms. The lowest BCUT2D eigenvalue weighted by Crippen LogP contribution is -2.46. The molecule has 0 unspecified atom stereocenters. The molecule has 1 aliphatic heterocycles. The Hall–Kier alpha value is -4.82. The third-order valence-corrected chi connectivity index (χ3v) is 7.27. The molecule has 1 fully saturated rings. The van der Waals surface area contributed by atoms with Crippen molar-refractivity contribution in [3.63, 3.8) is 0 Å². The summed E-state index contributed by atoms with van der Waals surface area (Å²) in [6.07, 6.45) is 1.63. The van der Waals surface area contributed by atoms with E-state index in [2.05, 4.69) is 16.0 Å². The number of nitro benzene ring substituents is 2. The maximum Gasteiger partial charge on any atom is 0.293 e. The molecule has 184 valence electrons. The Morgan fingerprint density at radius 3 is 2.30 bits per heavy atom. The second-order valence-corrected chi connectivity index (χ2v) is 9.44.